The van der Waals surface area contributed by atoms with Crippen LogP contribution in [0.25, 0.3) is 0 Å². The lowest BCUT2D eigenvalue weighted by molar-refractivity contribution is -0.119. The molecule has 0 radical (unpaired) electrons. The molecule has 1 aromatic rings. The molecule has 0 aliphatic heterocycles. The molecule has 4 nitrogen and oxygen atoms in total. The molecule has 0 aliphatic rings. The Morgan fingerprint density at radius 1 is 1.39 bits per heavy atom. The van der Waals surface area contributed by atoms with Crippen molar-refractivity contribution in [2.45, 2.75) is 38.6 Å². The van der Waals surface area contributed by atoms with E-state index in [0.717, 1.165) is 6.42 Å². The van der Waals surface area contributed by atoms with E-state index in [9.17, 15) is 9.59 Å². The minimum Gasteiger partial charge on any atom is -0.335 e. The molecule has 0 aromatic carbocycles. The second-order valence-corrected chi connectivity index (χ2v) is 6.22. The molecule has 100 valence electrons. The van der Waals surface area contributed by atoms with Crippen LogP contribution in [0, 0.1) is 6.92 Å². The van der Waals surface area contributed by atoms with Gasteiger partial charge in [-0.3, -0.25) is 10.1 Å². The van der Waals surface area contributed by atoms with Gasteiger partial charge in [-0.15, -0.1) is 22.9 Å². The lowest BCUT2D eigenvalue weighted by Crippen LogP contribution is -2.46. The number of thiophene rings is 1. The van der Waals surface area contributed by atoms with Crippen molar-refractivity contribution in [1.29, 1.82) is 0 Å². The highest BCUT2D eigenvalue weighted by molar-refractivity contribution is 7.11. The minimum absolute atomic E-state index is 0.0403. The highest BCUT2D eigenvalue weighted by Crippen LogP contribution is 2.16. The highest BCUT2D eigenvalue weighted by Gasteiger charge is 2.14. The molecule has 3 amide bonds. The minimum atomic E-state index is -0.717. The van der Waals surface area contributed by atoms with Gasteiger partial charge in [-0.25, -0.2) is 4.79 Å². The molecule has 1 rings (SSSR count). The third kappa shape index (κ3) is 5.06. The second-order valence-electron chi connectivity index (χ2n) is 4.20. The summed E-state index contributed by atoms with van der Waals surface area (Å²) in [6.45, 7) is 5.45. The van der Waals surface area contributed by atoms with E-state index in [4.69, 9.17) is 11.6 Å². The lowest BCUT2D eigenvalue weighted by Gasteiger charge is -2.13. The zero-order valence-electron chi connectivity index (χ0n) is 10.6. The van der Waals surface area contributed by atoms with Crippen LogP contribution in [-0.2, 0) is 11.2 Å². The molecule has 0 spiro atoms. The molecule has 6 heteroatoms. The van der Waals surface area contributed by atoms with Gasteiger partial charge in [-0.1, -0.05) is 0 Å². The molecule has 0 saturated heterocycles. The van der Waals surface area contributed by atoms with Crippen LogP contribution in [0.2, 0.25) is 0 Å². The number of hydrogen-bond donors (Lipinski definition) is 2. The van der Waals surface area contributed by atoms with Crippen LogP contribution in [0.1, 0.15) is 23.6 Å². The Morgan fingerprint density at radius 3 is 2.56 bits per heavy atom. The average Bonchev–Trinajstić information content (AvgIpc) is 2.62. The molecule has 0 saturated carbocycles. The van der Waals surface area contributed by atoms with Crippen LogP contribution in [0.4, 0.5) is 4.79 Å². The smallest absolute Gasteiger partial charge is 0.321 e. The number of nitrogens with one attached hydrogen (secondary N) is 2. The van der Waals surface area contributed by atoms with E-state index in [1.54, 1.807) is 11.3 Å². The van der Waals surface area contributed by atoms with Crippen LogP contribution in [0.3, 0.4) is 0 Å². The molecular formula is C12H17ClN2O2S. The molecule has 0 bridgehead atoms. The average molecular weight is 289 g/mol. The highest BCUT2D eigenvalue weighted by atomic mass is 35.5. The van der Waals surface area contributed by atoms with Crippen molar-refractivity contribution in [2.24, 2.45) is 0 Å². The zero-order valence-corrected chi connectivity index (χ0v) is 12.2. The Balaban J connectivity index is 2.38. The topological polar surface area (TPSA) is 58.2 Å². The summed E-state index contributed by atoms with van der Waals surface area (Å²) in [7, 11) is 0. The molecular weight excluding hydrogens is 272 g/mol. The first-order chi connectivity index (χ1) is 8.38. The quantitative estimate of drug-likeness (QED) is 0.836. The van der Waals surface area contributed by atoms with Gasteiger partial charge in [0.2, 0.25) is 5.91 Å². The maximum Gasteiger partial charge on any atom is 0.321 e. The summed E-state index contributed by atoms with van der Waals surface area (Å²) < 4.78 is 0. The van der Waals surface area contributed by atoms with Gasteiger partial charge in [0.25, 0.3) is 0 Å². The normalized spacial score (nSPS) is 13.8. The number of carbonyl (C=O) groups is 2. The van der Waals surface area contributed by atoms with Gasteiger partial charge in [0.15, 0.2) is 0 Å². The molecule has 1 heterocycles. The largest absolute Gasteiger partial charge is 0.335 e. The van der Waals surface area contributed by atoms with E-state index < -0.39 is 17.3 Å². The van der Waals surface area contributed by atoms with Gasteiger partial charge in [0, 0.05) is 22.2 Å². The van der Waals surface area contributed by atoms with Crippen molar-refractivity contribution in [3.05, 3.63) is 21.9 Å². The zero-order chi connectivity index (χ0) is 13.7. The fraction of sp³-hybridized carbons (Fsp3) is 0.500. The van der Waals surface area contributed by atoms with Crippen LogP contribution in [-0.4, -0.2) is 23.4 Å². The summed E-state index contributed by atoms with van der Waals surface area (Å²) in [6.07, 6.45) is 0.747. The fourth-order valence-electron chi connectivity index (χ4n) is 1.42. The maximum atomic E-state index is 11.5. The Labute approximate surface area is 116 Å². The number of aryl methyl sites for hydroxylation is 1. The van der Waals surface area contributed by atoms with Gasteiger partial charge < -0.3 is 5.32 Å². The third-order valence-electron chi connectivity index (χ3n) is 2.28. The Morgan fingerprint density at radius 2 is 2.06 bits per heavy atom. The predicted molar refractivity (Wildman–Crippen MR) is 74.2 cm³/mol. The first kappa shape index (κ1) is 15.0. The molecule has 0 aliphatic carbocycles. The van der Waals surface area contributed by atoms with E-state index in [1.807, 2.05) is 26.0 Å². The molecule has 1 aromatic heterocycles. The van der Waals surface area contributed by atoms with Crippen molar-refractivity contribution in [1.82, 2.24) is 10.6 Å². The number of hydrogen-bond acceptors (Lipinski definition) is 3. The predicted octanol–water partition coefficient (Wildman–Crippen LogP) is 2.44. The van der Waals surface area contributed by atoms with E-state index in [0.29, 0.717) is 0 Å². The summed E-state index contributed by atoms with van der Waals surface area (Å²) in [6, 6.07) is 3.54. The third-order valence-corrected chi connectivity index (χ3v) is 3.50. The molecule has 18 heavy (non-hydrogen) atoms. The van der Waals surface area contributed by atoms with E-state index in [2.05, 4.69) is 10.6 Å². The summed E-state index contributed by atoms with van der Waals surface area (Å²) >= 11 is 7.25. The van der Waals surface area contributed by atoms with Gasteiger partial charge in [-0.05, 0) is 32.9 Å². The van der Waals surface area contributed by atoms with Crippen LogP contribution in [0.5, 0.6) is 0 Å². The van der Waals surface area contributed by atoms with E-state index in [1.165, 1.54) is 16.7 Å². The van der Waals surface area contributed by atoms with Crippen molar-refractivity contribution in [3.8, 4) is 0 Å². The number of alkyl halides is 1. The second kappa shape index (κ2) is 6.75. The number of carbonyl (C=O) groups excluding carboxylic acids is 2. The number of rotatable bonds is 4. The van der Waals surface area contributed by atoms with Gasteiger partial charge in [-0.2, -0.15) is 0 Å². The van der Waals surface area contributed by atoms with Crippen molar-refractivity contribution >= 4 is 34.9 Å². The summed E-state index contributed by atoms with van der Waals surface area (Å²) in [5, 5.41) is 4.17. The number of halogens is 1. The van der Waals surface area contributed by atoms with Crippen LogP contribution < -0.4 is 10.6 Å². The Bertz CT molecular complexity index is 431. The van der Waals surface area contributed by atoms with Gasteiger partial charge >= 0.3 is 6.03 Å². The number of urea groups is 1. The first-order valence-corrected chi connectivity index (χ1v) is 6.94. The molecule has 2 atom stereocenters. The van der Waals surface area contributed by atoms with Gasteiger partial charge in [0.05, 0.1) is 0 Å². The summed E-state index contributed by atoms with van der Waals surface area (Å²) in [5.41, 5.74) is 0. The SMILES string of the molecule is Cc1ccc(CC(C)NC(=O)NC(=O)C(C)Cl)s1. The monoisotopic (exact) mass is 288 g/mol. The maximum absolute atomic E-state index is 11.5. The summed E-state index contributed by atoms with van der Waals surface area (Å²) in [5.74, 6) is -0.492. The summed E-state index contributed by atoms with van der Waals surface area (Å²) in [4.78, 5) is 25.1. The number of imide groups is 1. The van der Waals surface area contributed by atoms with Crippen molar-refractivity contribution in [3.63, 3.8) is 0 Å². The molecule has 2 unspecified atom stereocenters. The Hall–Kier alpha value is -1.07. The molecule has 2 N–H and O–H groups in total. The van der Waals surface area contributed by atoms with Crippen LogP contribution in [0.15, 0.2) is 12.1 Å². The number of amides is 3. The van der Waals surface area contributed by atoms with Crippen LogP contribution >= 0.6 is 22.9 Å². The fourth-order valence-corrected chi connectivity index (χ4v) is 2.49. The van der Waals surface area contributed by atoms with Crippen molar-refractivity contribution < 1.29 is 9.59 Å². The first-order valence-electron chi connectivity index (χ1n) is 5.69. The Kier molecular flexibility index (Phi) is 5.62. The standard InChI is InChI=1S/C12H17ClN2O2S/c1-7(6-10-5-4-8(2)18-10)14-12(17)15-11(16)9(3)13/h4-5,7,9H,6H2,1-3H3,(H2,14,15,16,17). The molecule has 0 fully saturated rings. The van der Waals surface area contributed by atoms with E-state index in [-0.39, 0.29) is 6.04 Å². The van der Waals surface area contributed by atoms with E-state index >= 15 is 0 Å². The van der Waals surface area contributed by atoms with Crippen molar-refractivity contribution in [2.75, 3.05) is 0 Å². The lowest BCUT2D eigenvalue weighted by atomic mass is 10.2. The van der Waals surface area contributed by atoms with Gasteiger partial charge in [0.1, 0.15) is 5.38 Å².